The lowest BCUT2D eigenvalue weighted by molar-refractivity contribution is 0.0947. The number of amides is 1. The standard InChI is InChI=1S/C12H15N5O/c1-2-9-10(13)11(17-16-9)12(18)15-7-8-4-3-5-14-6-8/h3-6H,2,7,13H2,1H3,(H,15,18)(H,16,17). The third-order valence-corrected chi connectivity index (χ3v) is 2.63. The lowest BCUT2D eigenvalue weighted by atomic mass is 10.2. The summed E-state index contributed by atoms with van der Waals surface area (Å²) in [7, 11) is 0. The van der Waals surface area contributed by atoms with Crippen LogP contribution in [0.4, 0.5) is 5.69 Å². The van der Waals surface area contributed by atoms with Gasteiger partial charge in [0, 0.05) is 18.9 Å². The lowest BCUT2D eigenvalue weighted by Gasteiger charge is -2.03. The van der Waals surface area contributed by atoms with E-state index in [-0.39, 0.29) is 11.6 Å². The van der Waals surface area contributed by atoms with Crippen LogP contribution in [-0.2, 0) is 13.0 Å². The molecule has 2 aromatic heterocycles. The van der Waals surface area contributed by atoms with E-state index in [0.717, 1.165) is 11.3 Å². The number of H-pyrrole nitrogens is 1. The van der Waals surface area contributed by atoms with Gasteiger partial charge >= 0.3 is 0 Å². The molecule has 0 radical (unpaired) electrons. The summed E-state index contributed by atoms with van der Waals surface area (Å²) in [5.74, 6) is -0.285. The number of hydrogen-bond donors (Lipinski definition) is 3. The topological polar surface area (TPSA) is 96.7 Å². The molecule has 1 amide bonds. The van der Waals surface area contributed by atoms with E-state index in [0.29, 0.717) is 18.7 Å². The number of pyridine rings is 1. The first kappa shape index (κ1) is 12.1. The number of aromatic nitrogens is 3. The van der Waals surface area contributed by atoms with Crippen molar-refractivity contribution in [3.63, 3.8) is 0 Å². The van der Waals surface area contributed by atoms with Gasteiger partial charge in [-0.2, -0.15) is 5.10 Å². The quantitative estimate of drug-likeness (QED) is 0.744. The summed E-state index contributed by atoms with van der Waals surface area (Å²) in [5.41, 5.74) is 8.19. The van der Waals surface area contributed by atoms with Crippen LogP contribution in [0.1, 0.15) is 28.7 Å². The van der Waals surface area contributed by atoms with Crippen molar-refractivity contribution in [1.82, 2.24) is 20.5 Å². The molecular formula is C12H15N5O. The number of carbonyl (C=O) groups excluding carboxylic acids is 1. The van der Waals surface area contributed by atoms with E-state index in [9.17, 15) is 4.79 Å². The van der Waals surface area contributed by atoms with E-state index in [1.807, 2.05) is 19.1 Å². The van der Waals surface area contributed by atoms with Crippen molar-refractivity contribution in [1.29, 1.82) is 0 Å². The summed E-state index contributed by atoms with van der Waals surface area (Å²) in [6.45, 7) is 2.35. The lowest BCUT2D eigenvalue weighted by Crippen LogP contribution is -2.24. The van der Waals surface area contributed by atoms with Crippen molar-refractivity contribution in [3.8, 4) is 0 Å². The predicted octanol–water partition coefficient (Wildman–Crippen LogP) is 0.879. The monoisotopic (exact) mass is 245 g/mol. The van der Waals surface area contributed by atoms with E-state index < -0.39 is 0 Å². The Morgan fingerprint density at radius 1 is 1.56 bits per heavy atom. The molecule has 0 spiro atoms. The van der Waals surface area contributed by atoms with Crippen LogP contribution in [0.5, 0.6) is 0 Å². The van der Waals surface area contributed by atoms with Crippen LogP contribution in [0.3, 0.4) is 0 Å². The third kappa shape index (κ3) is 2.48. The summed E-state index contributed by atoms with van der Waals surface area (Å²) in [6, 6.07) is 3.71. The zero-order valence-corrected chi connectivity index (χ0v) is 10.1. The van der Waals surface area contributed by atoms with Crippen molar-refractivity contribution in [2.45, 2.75) is 19.9 Å². The fourth-order valence-corrected chi connectivity index (χ4v) is 1.60. The zero-order chi connectivity index (χ0) is 13.0. The maximum Gasteiger partial charge on any atom is 0.274 e. The molecule has 0 aromatic carbocycles. The van der Waals surface area contributed by atoms with Crippen molar-refractivity contribution < 1.29 is 4.79 Å². The molecule has 0 saturated carbocycles. The Morgan fingerprint density at radius 2 is 2.39 bits per heavy atom. The summed E-state index contributed by atoms with van der Waals surface area (Å²) in [6.07, 6.45) is 4.10. The van der Waals surface area contributed by atoms with Gasteiger partial charge in [-0.25, -0.2) is 0 Å². The molecule has 0 saturated heterocycles. The zero-order valence-electron chi connectivity index (χ0n) is 10.1. The Hall–Kier alpha value is -2.37. The molecule has 0 atom stereocenters. The number of nitrogens with zero attached hydrogens (tertiary/aromatic N) is 2. The summed E-state index contributed by atoms with van der Waals surface area (Å²) in [5, 5.41) is 9.43. The molecule has 4 N–H and O–H groups in total. The van der Waals surface area contributed by atoms with Gasteiger partial charge < -0.3 is 11.1 Å². The van der Waals surface area contributed by atoms with Crippen LogP contribution in [0.15, 0.2) is 24.5 Å². The molecule has 0 unspecified atom stereocenters. The first-order valence-corrected chi connectivity index (χ1v) is 5.72. The van der Waals surface area contributed by atoms with E-state index in [2.05, 4.69) is 20.5 Å². The second-order valence-electron chi connectivity index (χ2n) is 3.86. The van der Waals surface area contributed by atoms with Gasteiger partial charge in [-0.1, -0.05) is 13.0 Å². The molecule has 2 rings (SSSR count). The first-order chi connectivity index (χ1) is 8.72. The highest BCUT2D eigenvalue weighted by molar-refractivity contribution is 5.97. The highest BCUT2D eigenvalue weighted by Crippen LogP contribution is 2.14. The molecular weight excluding hydrogens is 230 g/mol. The summed E-state index contributed by atoms with van der Waals surface area (Å²) < 4.78 is 0. The molecule has 94 valence electrons. The Labute approximate surface area is 105 Å². The van der Waals surface area contributed by atoms with Gasteiger partial charge in [0.15, 0.2) is 5.69 Å². The number of rotatable bonds is 4. The molecule has 6 nitrogen and oxygen atoms in total. The van der Waals surface area contributed by atoms with Gasteiger partial charge in [0.25, 0.3) is 5.91 Å². The highest BCUT2D eigenvalue weighted by Gasteiger charge is 2.15. The number of nitrogens with two attached hydrogens (primary N) is 1. The van der Waals surface area contributed by atoms with E-state index in [4.69, 9.17) is 5.73 Å². The van der Waals surface area contributed by atoms with E-state index in [1.54, 1.807) is 12.4 Å². The minimum atomic E-state index is -0.285. The van der Waals surface area contributed by atoms with Gasteiger partial charge in [-0.15, -0.1) is 0 Å². The summed E-state index contributed by atoms with van der Waals surface area (Å²) in [4.78, 5) is 15.8. The second kappa shape index (κ2) is 5.31. The number of hydrogen-bond acceptors (Lipinski definition) is 4. The van der Waals surface area contributed by atoms with Crippen LogP contribution < -0.4 is 11.1 Å². The van der Waals surface area contributed by atoms with Crippen molar-refractivity contribution in [2.24, 2.45) is 0 Å². The third-order valence-electron chi connectivity index (χ3n) is 2.63. The maximum atomic E-state index is 11.9. The number of anilines is 1. The largest absolute Gasteiger partial charge is 0.395 e. The van der Waals surface area contributed by atoms with Crippen LogP contribution in [-0.4, -0.2) is 21.1 Å². The second-order valence-corrected chi connectivity index (χ2v) is 3.86. The minimum Gasteiger partial charge on any atom is -0.395 e. The van der Waals surface area contributed by atoms with Gasteiger partial charge in [-0.05, 0) is 18.1 Å². The van der Waals surface area contributed by atoms with Gasteiger partial charge in [0.2, 0.25) is 0 Å². The number of aryl methyl sites for hydroxylation is 1. The minimum absolute atomic E-state index is 0.246. The van der Waals surface area contributed by atoms with Crippen LogP contribution >= 0.6 is 0 Å². The Morgan fingerprint density at radius 3 is 3.00 bits per heavy atom. The molecule has 2 heterocycles. The van der Waals surface area contributed by atoms with Crippen molar-refractivity contribution in [3.05, 3.63) is 41.5 Å². The predicted molar refractivity (Wildman–Crippen MR) is 67.8 cm³/mol. The summed E-state index contributed by atoms with van der Waals surface area (Å²) >= 11 is 0. The van der Waals surface area contributed by atoms with Crippen molar-refractivity contribution in [2.75, 3.05) is 5.73 Å². The number of nitrogen functional groups attached to an aromatic ring is 1. The van der Waals surface area contributed by atoms with Crippen molar-refractivity contribution >= 4 is 11.6 Å². The fourth-order valence-electron chi connectivity index (χ4n) is 1.60. The van der Waals surface area contributed by atoms with Gasteiger partial charge in [0.05, 0.1) is 11.4 Å². The Kier molecular flexibility index (Phi) is 3.57. The molecule has 0 bridgehead atoms. The first-order valence-electron chi connectivity index (χ1n) is 5.72. The normalized spacial score (nSPS) is 10.3. The average molecular weight is 245 g/mol. The molecule has 0 aliphatic carbocycles. The molecule has 0 fully saturated rings. The number of aromatic amines is 1. The highest BCUT2D eigenvalue weighted by atomic mass is 16.1. The van der Waals surface area contributed by atoms with Crippen LogP contribution in [0.25, 0.3) is 0 Å². The molecule has 2 aromatic rings. The molecule has 18 heavy (non-hydrogen) atoms. The number of nitrogens with one attached hydrogen (secondary N) is 2. The maximum absolute atomic E-state index is 11.9. The molecule has 0 aliphatic heterocycles. The van der Waals surface area contributed by atoms with E-state index in [1.165, 1.54) is 0 Å². The van der Waals surface area contributed by atoms with E-state index >= 15 is 0 Å². The number of carbonyl (C=O) groups is 1. The molecule has 6 heteroatoms. The van der Waals surface area contributed by atoms with Crippen LogP contribution in [0.2, 0.25) is 0 Å². The smallest absolute Gasteiger partial charge is 0.274 e. The SMILES string of the molecule is CCc1[nH]nc(C(=O)NCc2cccnc2)c1N. The van der Waals surface area contributed by atoms with Gasteiger partial charge in [0.1, 0.15) is 0 Å². The van der Waals surface area contributed by atoms with Crippen LogP contribution in [0, 0.1) is 0 Å². The Bertz CT molecular complexity index is 535. The fraction of sp³-hybridized carbons (Fsp3) is 0.250. The average Bonchev–Trinajstić information content (AvgIpc) is 2.78. The molecule has 0 aliphatic rings. The Balaban J connectivity index is 2.02. The van der Waals surface area contributed by atoms with Gasteiger partial charge in [-0.3, -0.25) is 14.9 Å².